The molecule has 148 valence electrons. The molecule has 1 atom stereocenters. The summed E-state index contributed by atoms with van der Waals surface area (Å²) in [5, 5.41) is 8.15. The Kier molecular flexibility index (Phi) is 4.72. The van der Waals surface area contributed by atoms with E-state index in [1.807, 2.05) is 84.6 Å². The van der Waals surface area contributed by atoms with Gasteiger partial charge >= 0.3 is 0 Å². The molecular weight excluding hydrogens is 462 g/mol. The first-order valence-electron chi connectivity index (χ1n) is 9.53. The minimum absolute atomic E-state index is 0.0912. The van der Waals surface area contributed by atoms with Crippen molar-refractivity contribution in [2.45, 2.75) is 13.0 Å². The molecule has 0 saturated carbocycles. The third-order valence-corrected chi connectivity index (χ3v) is 6.11. The molecule has 0 saturated heterocycles. The quantitative estimate of drug-likeness (QED) is 0.363. The Morgan fingerprint density at radius 1 is 1.03 bits per heavy atom. The van der Waals surface area contributed by atoms with Crippen molar-refractivity contribution in [1.82, 2.24) is 10.2 Å². The van der Waals surface area contributed by atoms with Gasteiger partial charge in [-0.1, -0.05) is 69.5 Å². The minimum atomic E-state index is -0.294. The molecule has 0 unspecified atom stereocenters. The summed E-state index contributed by atoms with van der Waals surface area (Å²) in [6.07, 6.45) is 0. The molecule has 0 bridgehead atoms. The molecule has 3 aromatic carbocycles. The number of halogens is 2. The fraction of sp³-hybridized carbons (Fsp3) is 0.0833. The monoisotopic (exact) mass is 477 g/mol. The van der Waals surface area contributed by atoms with Gasteiger partial charge in [0.05, 0.1) is 11.7 Å². The Morgan fingerprint density at radius 3 is 2.47 bits per heavy atom. The number of carbonyl (C=O) groups is 1. The number of nitrogens with one attached hydrogen (secondary N) is 1. The molecule has 0 spiro atoms. The molecule has 1 N–H and O–H groups in total. The number of fused-ring (bicyclic) bond motifs is 1. The van der Waals surface area contributed by atoms with Crippen molar-refractivity contribution >= 4 is 39.1 Å². The highest BCUT2D eigenvalue weighted by Gasteiger charge is 2.43. The van der Waals surface area contributed by atoms with Crippen LogP contribution in [0.2, 0.25) is 5.02 Å². The number of hydrogen-bond acceptors (Lipinski definition) is 2. The number of nitrogens with zero attached hydrogens (tertiary/aromatic N) is 2. The lowest BCUT2D eigenvalue weighted by atomic mass is 9.96. The number of benzene rings is 3. The van der Waals surface area contributed by atoms with E-state index in [-0.39, 0.29) is 11.9 Å². The second kappa shape index (κ2) is 7.42. The first-order chi connectivity index (χ1) is 14.5. The summed E-state index contributed by atoms with van der Waals surface area (Å²) < 4.78 is 0.960. The van der Waals surface area contributed by atoms with Gasteiger partial charge in [0, 0.05) is 26.3 Å². The number of aryl methyl sites for hydroxylation is 1. The molecule has 1 aliphatic heterocycles. The number of anilines is 1. The van der Waals surface area contributed by atoms with Gasteiger partial charge in [-0.25, -0.2) is 0 Å². The summed E-state index contributed by atoms with van der Waals surface area (Å²) in [5.74, 6) is -0.0912. The van der Waals surface area contributed by atoms with Crippen LogP contribution in [0.5, 0.6) is 0 Å². The average molecular weight is 479 g/mol. The SMILES string of the molecule is Cc1ccc(N2C(=O)c3[nH]nc(-c4ccc(Cl)cc4)c3[C@@H]2c2cccc(Br)c2)cc1. The fourth-order valence-corrected chi connectivity index (χ4v) is 4.48. The predicted octanol–water partition coefficient (Wildman–Crippen LogP) is 6.55. The van der Waals surface area contributed by atoms with Crippen molar-refractivity contribution in [1.29, 1.82) is 0 Å². The largest absolute Gasteiger partial charge is 0.295 e. The second-order valence-electron chi connectivity index (χ2n) is 7.34. The lowest BCUT2D eigenvalue weighted by molar-refractivity contribution is 0.0989. The lowest BCUT2D eigenvalue weighted by Gasteiger charge is -2.26. The van der Waals surface area contributed by atoms with Crippen molar-refractivity contribution < 1.29 is 4.79 Å². The van der Waals surface area contributed by atoms with Gasteiger partial charge in [-0.3, -0.25) is 14.8 Å². The zero-order valence-corrected chi connectivity index (χ0v) is 18.4. The van der Waals surface area contributed by atoms with Crippen LogP contribution in [0.25, 0.3) is 11.3 Å². The van der Waals surface area contributed by atoms with Crippen LogP contribution in [-0.4, -0.2) is 16.1 Å². The summed E-state index contributed by atoms with van der Waals surface area (Å²) >= 11 is 9.65. The molecule has 4 nitrogen and oxygen atoms in total. The Balaban J connectivity index is 1.72. The van der Waals surface area contributed by atoms with Gasteiger partial charge in [-0.05, 0) is 48.9 Å². The van der Waals surface area contributed by atoms with E-state index >= 15 is 0 Å². The maximum atomic E-state index is 13.5. The highest BCUT2D eigenvalue weighted by molar-refractivity contribution is 9.10. The van der Waals surface area contributed by atoms with Gasteiger partial charge in [-0.15, -0.1) is 0 Å². The topological polar surface area (TPSA) is 49.0 Å². The van der Waals surface area contributed by atoms with E-state index in [1.54, 1.807) is 0 Å². The Labute approximate surface area is 187 Å². The van der Waals surface area contributed by atoms with Crippen LogP contribution >= 0.6 is 27.5 Å². The molecule has 5 rings (SSSR count). The van der Waals surface area contributed by atoms with Gasteiger partial charge in [0.1, 0.15) is 5.69 Å². The minimum Gasteiger partial charge on any atom is -0.295 e. The molecular formula is C24H17BrClN3O. The fourth-order valence-electron chi connectivity index (χ4n) is 3.94. The lowest BCUT2D eigenvalue weighted by Crippen LogP contribution is -2.29. The summed E-state index contributed by atoms with van der Waals surface area (Å²) in [7, 11) is 0. The summed E-state index contributed by atoms with van der Waals surface area (Å²) in [5.41, 5.74) is 6.07. The molecule has 0 radical (unpaired) electrons. The second-order valence-corrected chi connectivity index (χ2v) is 8.69. The van der Waals surface area contributed by atoms with Crippen LogP contribution in [0.1, 0.15) is 33.2 Å². The maximum absolute atomic E-state index is 13.5. The van der Waals surface area contributed by atoms with Gasteiger partial charge in [0.2, 0.25) is 0 Å². The van der Waals surface area contributed by atoms with Crippen molar-refractivity contribution in [2.75, 3.05) is 4.90 Å². The van der Waals surface area contributed by atoms with Gasteiger partial charge in [-0.2, -0.15) is 5.10 Å². The normalized spacial score (nSPS) is 15.5. The first kappa shape index (κ1) is 19.1. The standard InChI is InChI=1S/C24H17BrClN3O/c1-14-5-11-19(12-6-14)29-23(16-3-2-4-17(25)13-16)20-21(27-28-22(20)24(29)30)15-7-9-18(26)10-8-15/h2-13,23H,1H3,(H,27,28)/t23-/m0/s1. The zero-order chi connectivity index (χ0) is 20.8. The van der Waals surface area contributed by atoms with E-state index in [0.717, 1.165) is 38.1 Å². The molecule has 6 heteroatoms. The Bertz CT molecular complexity index is 1250. The third kappa shape index (κ3) is 3.15. The van der Waals surface area contributed by atoms with E-state index in [4.69, 9.17) is 11.6 Å². The highest BCUT2D eigenvalue weighted by Crippen LogP contribution is 2.45. The van der Waals surface area contributed by atoms with Crippen LogP contribution in [0.3, 0.4) is 0 Å². The Morgan fingerprint density at radius 2 is 1.77 bits per heavy atom. The van der Waals surface area contributed by atoms with Crippen molar-refractivity contribution in [3.8, 4) is 11.3 Å². The van der Waals surface area contributed by atoms with E-state index in [0.29, 0.717) is 10.7 Å². The van der Waals surface area contributed by atoms with Crippen LogP contribution in [0.4, 0.5) is 5.69 Å². The molecule has 4 aromatic rings. The van der Waals surface area contributed by atoms with Crippen LogP contribution in [0, 0.1) is 6.92 Å². The molecule has 0 aliphatic carbocycles. The summed E-state index contributed by atoms with van der Waals surface area (Å²) in [6, 6.07) is 23.3. The average Bonchev–Trinajstić information content (AvgIpc) is 3.28. The van der Waals surface area contributed by atoms with Gasteiger partial charge < -0.3 is 0 Å². The molecule has 2 heterocycles. The maximum Gasteiger partial charge on any atom is 0.277 e. The summed E-state index contributed by atoms with van der Waals surface area (Å²) in [4.78, 5) is 15.3. The number of rotatable bonds is 3. The molecule has 1 amide bonds. The zero-order valence-electron chi connectivity index (χ0n) is 16.1. The van der Waals surface area contributed by atoms with Gasteiger partial charge in [0.25, 0.3) is 5.91 Å². The van der Waals surface area contributed by atoms with Crippen LogP contribution in [0.15, 0.2) is 77.3 Å². The van der Waals surface area contributed by atoms with E-state index in [2.05, 4.69) is 26.1 Å². The number of H-pyrrole nitrogens is 1. The van der Waals surface area contributed by atoms with Crippen molar-refractivity contribution in [3.05, 3.63) is 105 Å². The number of hydrogen-bond donors (Lipinski definition) is 1. The molecule has 1 aromatic heterocycles. The number of carbonyl (C=O) groups excluding carboxylic acids is 1. The number of aromatic nitrogens is 2. The van der Waals surface area contributed by atoms with Crippen molar-refractivity contribution in [2.24, 2.45) is 0 Å². The van der Waals surface area contributed by atoms with Gasteiger partial charge in [0.15, 0.2) is 0 Å². The van der Waals surface area contributed by atoms with Crippen LogP contribution < -0.4 is 4.90 Å². The Hall–Kier alpha value is -2.89. The van der Waals surface area contributed by atoms with E-state index in [1.165, 1.54) is 0 Å². The molecule has 0 fully saturated rings. The van der Waals surface area contributed by atoms with E-state index in [9.17, 15) is 4.79 Å². The van der Waals surface area contributed by atoms with E-state index < -0.39 is 0 Å². The number of amides is 1. The number of aromatic amines is 1. The van der Waals surface area contributed by atoms with Crippen LogP contribution in [-0.2, 0) is 0 Å². The first-order valence-corrected chi connectivity index (χ1v) is 10.7. The smallest absolute Gasteiger partial charge is 0.277 e. The predicted molar refractivity (Wildman–Crippen MR) is 123 cm³/mol. The highest BCUT2D eigenvalue weighted by atomic mass is 79.9. The third-order valence-electron chi connectivity index (χ3n) is 5.36. The molecule has 1 aliphatic rings. The van der Waals surface area contributed by atoms with Crippen molar-refractivity contribution in [3.63, 3.8) is 0 Å². The summed E-state index contributed by atoms with van der Waals surface area (Å²) in [6.45, 7) is 2.03. The molecule has 30 heavy (non-hydrogen) atoms.